The van der Waals surface area contributed by atoms with E-state index in [1.54, 1.807) is 7.11 Å². The van der Waals surface area contributed by atoms with Gasteiger partial charge in [0.2, 0.25) is 0 Å². The summed E-state index contributed by atoms with van der Waals surface area (Å²) in [7, 11) is 1.59. The van der Waals surface area contributed by atoms with Crippen LogP contribution in [0.5, 0.6) is 11.5 Å². The number of carbonyl (C=O) groups is 1. The molecule has 0 aromatic heterocycles. The van der Waals surface area contributed by atoms with E-state index in [0.717, 1.165) is 47.5 Å². The molecule has 0 aliphatic carbocycles. The van der Waals surface area contributed by atoms with Crippen LogP contribution in [0.4, 0.5) is 0 Å². The zero-order valence-electron chi connectivity index (χ0n) is 18.0. The van der Waals surface area contributed by atoms with Crippen LogP contribution in [0, 0.1) is 6.92 Å². The van der Waals surface area contributed by atoms with Crippen LogP contribution in [0.15, 0.2) is 36.4 Å². The fourth-order valence-electron chi connectivity index (χ4n) is 3.33. The summed E-state index contributed by atoms with van der Waals surface area (Å²) in [4.78, 5) is 11.4. The summed E-state index contributed by atoms with van der Waals surface area (Å²) in [6, 6.07) is 11.9. The highest BCUT2D eigenvalue weighted by atomic mass is 16.7. The van der Waals surface area contributed by atoms with E-state index in [1.165, 1.54) is 32.1 Å². The number of benzene rings is 2. The van der Waals surface area contributed by atoms with Gasteiger partial charge in [-0.15, -0.1) is 0 Å². The van der Waals surface area contributed by atoms with Crippen LogP contribution >= 0.6 is 0 Å². The van der Waals surface area contributed by atoms with Gasteiger partial charge in [-0.3, -0.25) is 4.79 Å². The molecule has 0 atom stereocenters. The number of hydrogen-bond donors (Lipinski definition) is 0. The Balaban J connectivity index is 2.07. The van der Waals surface area contributed by atoms with Gasteiger partial charge >= 0.3 is 0 Å². The van der Waals surface area contributed by atoms with E-state index in [0.29, 0.717) is 12.0 Å². The molecule has 0 radical (unpaired) electrons. The first kappa shape index (κ1) is 23.0. The maximum Gasteiger partial charge on any atom is 0.188 e. The Labute approximate surface area is 175 Å². The number of unbranched alkanes of at least 4 members (excludes halogenated alkanes) is 5. The molecule has 0 spiro atoms. The second kappa shape index (κ2) is 13.0. The third-order valence-electron chi connectivity index (χ3n) is 5.02. The van der Waals surface area contributed by atoms with Crippen molar-refractivity contribution in [3.63, 3.8) is 0 Å². The fourth-order valence-corrected chi connectivity index (χ4v) is 3.33. The summed E-state index contributed by atoms with van der Waals surface area (Å²) in [5.41, 5.74) is 3.60. The fraction of sp³-hybridized carbons (Fsp3) is 0.480. The van der Waals surface area contributed by atoms with E-state index in [9.17, 15) is 4.79 Å². The standard InChI is InChI=1S/C25H34O4/c1-4-5-6-7-8-11-14-28-24-13-10-9-12-21(24)16-22-17-23(18-26)20(2)15-25(22)29-19-27-3/h9-10,12-13,15,17-18H,4-8,11,14,16,19H2,1-3H3. The lowest BCUT2D eigenvalue weighted by atomic mass is 9.98. The van der Waals surface area contributed by atoms with Crippen molar-refractivity contribution >= 4 is 6.29 Å². The van der Waals surface area contributed by atoms with E-state index in [2.05, 4.69) is 13.0 Å². The number of ether oxygens (including phenoxy) is 3. The Morgan fingerprint density at radius 2 is 1.66 bits per heavy atom. The third kappa shape index (κ3) is 7.54. The molecule has 4 heteroatoms. The molecule has 0 bridgehead atoms. The molecule has 29 heavy (non-hydrogen) atoms. The van der Waals surface area contributed by atoms with Gasteiger partial charge < -0.3 is 14.2 Å². The number of aryl methyl sites for hydroxylation is 1. The van der Waals surface area contributed by atoms with E-state index >= 15 is 0 Å². The molecule has 2 rings (SSSR count). The van der Waals surface area contributed by atoms with Gasteiger partial charge in [-0.2, -0.15) is 0 Å². The summed E-state index contributed by atoms with van der Waals surface area (Å²) in [5.74, 6) is 1.63. The second-order valence-electron chi connectivity index (χ2n) is 7.39. The van der Waals surface area contributed by atoms with Crippen molar-refractivity contribution in [2.24, 2.45) is 0 Å². The maximum absolute atomic E-state index is 11.4. The quantitative estimate of drug-likeness (QED) is 0.218. The minimum absolute atomic E-state index is 0.170. The zero-order chi connectivity index (χ0) is 20.9. The second-order valence-corrected chi connectivity index (χ2v) is 7.39. The van der Waals surface area contributed by atoms with Crippen molar-refractivity contribution in [3.05, 3.63) is 58.7 Å². The topological polar surface area (TPSA) is 44.8 Å². The van der Waals surface area contributed by atoms with Crippen LogP contribution in [0.3, 0.4) is 0 Å². The first-order chi connectivity index (χ1) is 14.2. The summed E-state index contributed by atoms with van der Waals surface area (Å²) < 4.78 is 16.9. The predicted octanol–water partition coefficient (Wildman–Crippen LogP) is 6.12. The van der Waals surface area contributed by atoms with E-state index in [-0.39, 0.29) is 6.79 Å². The lowest BCUT2D eigenvalue weighted by Crippen LogP contribution is -2.05. The molecule has 158 valence electrons. The molecule has 0 unspecified atom stereocenters. The minimum Gasteiger partial charge on any atom is -0.493 e. The van der Waals surface area contributed by atoms with Crippen LogP contribution in [0.1, 0.15) is 72.5 Å². The molecular weight excluding hydrogens is 364 g/mol. The van der Waals surface area contributed by atoms with Crippen molar-refractivity contribution in [2.45, 2.75) is 58.8 Å². The average molecular weight is 399 g/mol. The van der Waals surface area contributed by atoms with Crippen molar-refractivity contribution < 1.29 is 19.0 Å². The number of aldehydes is 1. The van der Waals surface area contributed by atoms with E-state index in [1.807, 2.05) is 37.3 Å². The molecule has 0 N–H and O–H groups in total. The van der Waals surface area contributed by atoms with Gasteiger partial charge in [0.25, 0.3) is 0 Å². The predicted molar refractivity (Wildman–Crippen MR) is 117 cm³/mol. The number of rotatable bonds is 14. The summed E-state index contributed by atoms with van der Waals surface area (Å²) in [5, 5.41) is 0. The van der Waals surface area contributed by atoms with Crippen LogP contribution in [-0.4, -0.2) is 26.8 Å². The summed E-state index contributed by atoms with van der Waals surface area (Å²) in [6.07, 6.45) is 8.96. The molecule has 0 amide bonds. The maximum atomic E-state index is 11.4. The smallest absolute Gasteiger partial charge is 0.188 e. The summed E-state index contributed by atoms with van der Waals surface area (Å²) in [6.45, 7) is 5.04. The van der Waals surface area contributed by atoms with Crippen LogP contribution < -0.4 is 9.47 Å². The molecular formula is C25H34O4. The molecule has 0 fully saturated rings. The van der Waals surface area contributed by atoms with Gasteiger partial charge in [-0.25, -0.2) is 0 Å². The van der Waals surface area contributed by atoms with Gasteiger partial charge in [0.05, 0.1) is 6.61 Å². The molecule has 0 aliphatic heterocycles. The van der Waals surface area contributed by atoms with E-state index in [4.69, 9.17) is 14.2 Å². The summed E-state index contributed by atoms with van der Waals surface area (Å²) >= 11 is 0. The van der Waals surface area contributed by atoms with Gasteiger partial charge in [0.1, 0.15) is 17.8 Å². The monoisotopic (exact) mass is 398 g/mol. The third-order valence-corrected chi connectivity index (χ3v) is 5.02. The first-order valence-corrected chi connectivity index (χ1v) is 10.6. The molecule has 0 saturated carbocycles. The highest BCUT2D eigenvalue weighted by Crippen LogP contribution is 2.29. The van der Waals surface area contributed by atoms with Crippen LogP contribution in [0.2, 0.25) is 0 Å². The Hall–Kier alpha value is -2.33. The van der Waals surface area contributed by atoms with Crippen molar-refractivity contribution in [2.75, 3.05) is 20.5 Å². The zero-order valence-corrected chi connectivity index (χ0v) is 18.0. The first-order valence-electron chi connectivity index (χ1n) is 10.6. The number of methoxy groups -OCH3 is 1. The highest BCUT2D eigenvalue weighted by molar-refractivity contribution is 5.78. The molecule has 2 aromatic rings. The van der Waals surface area contributed by atoms with Crippen molar-refractivity contribution in [1.82, 2.24) is 0 Å². The number of para-hydroxylation sites is 1. The van der Waals surface area contributed by atoms with Crippen LogP contribution in [0.25, 0.3) is 0 Å². The molecule has 4 nitrogen and oxygen atoms in total. The molecule has 2 aromatic carbocycles. The van der Waals surface area contributed by atoms with Gasteiger partial charge in [0, 0.05) is 19.1 Å². The molecule has 0 saturated heterocycles. The minimum atomic E-state index is 0.170. The molecule has 0 aliphatic rings. The SMILES string of the molecule is CCCCCCCCOc1ccccc1Cc1cc(C=O)c(C)cc1OCOC. The van der Waals surface area contributed by atoms with Crippen molar-refractivity contribution in [1.29, 1.82) is 0 Å². The van der Waals surface area contributed by atoms with Crippen LogP contribution in [-0.2, 0) is 11.2 Å². The Morgan fingerprint density at radius 1 is 0.897 bits per heavy atom. The Morgan fingerprint density at radius 3 is 2.41 bits per heavy atom. The van der Waals surface area contributed by atoms with Crippen molar-refractivity contribution in [3.8, 4) is 11.5 Å². The lowest BCUT2D eigenvalue weighted by Gasteiger charge is -2.16. The average Bonchev–Trinajstić information content (AvgIpc) is 2.74. The molecule has 0 heterocycles. The van der Waals surface area contributed by atoms with E-state index < -0.39 is 0 Å². The Bertz CT molecular complexity index is 754. The number of hydrogen-bond acceptors (Lipinski definition) is 4. The normalized spacial score (nSPS) is 10.7. The van der Waals surface area contributed by atoms with Gasteiger partial charge in [0.15, 0.2) is 6.79 Å². The highest BCUT2D eigenvalue weighted by Gasteiger charge is 2.12. The lowest BCUT2D eigenvalue weighted by molar-refractivity contribution is 0.0504. The largest absolute Gasteiger partial charge is 0.493 e. The van der Waals surface area contributed by atoms with Gasteiger partial charge in [-0.1, -0.05) is 57.2 Å². The van der Waals surface area contributed by atoms with Gasteiger partial charge in [-0.05, 0) is 48.2 Å². The Kier molecular flexibility index (Phi) is 10.3. The number of carbonyl (C=O) groups excluding carboxylic acids is 1.